The molecule has 0 aliphatic carbocycles. The maximum atomic E-state index is 4.32. The Morgan fingerprint density at radius 3 is 3.14 bits per heavy atom. The molecule has 0 fully saturated rings. The van der Waals surface area contributed by atoms with E-state index < -0.39 is 0 Å². The van der Waals surface area contributed by atoms with Gasteiger partial charge in [0, 0.05) is 18.8 Å². The van der Waals surface area contributed by atoms with Crippen molar-refractivity contribution in [1.82, 2.24) is 9.66 Å². The Morgan fingerprint density at radius 1 is 1.21 bits per heavy atom. The quantitative estimate of drug-likeness (QED) is 0.521. The first kappa shape index (κ1) is 7.50. The number of nitrogens with zero attached hydrogens (tertiary/aromatic N) is 3. The van der Waals surface area contributed by atoms with E-state index in [0.29, 0.717) is 0 Å². The molecule has 0 saturated carbocycles. The van der Waals surface area contributed by atoms with Gasteiger partial charge in [0.2, 0.25) is 0 Å². The van der Waals surface area contributed by atoms with E-state index in [1.165, 1.54) is 11.1 Å². The van der Waals surface area contributed by atoms with Crippen LogP contribution in [0.4, 0.5) is 0 Å². The Morgan fingerprint density at radius 2 is 2.14 bits per heavy atom. The van der Waals surface area contributed by atoms with Gasteiger partial charge in [-0.2, -0.15) is 5.10 Å². The molecule has 0 spiro atoms. The molecule has 2 heterocycles. The molecule has 1 aromatic carbocycles. The monoisotopic (exact) mass is 183 g/mol. The molecular formula is C11H9N3. The Kier molecular flexibility index (Phi) is 1.50. The number of hydrogen-bond donors (Lipinski definition) is 0. The van der Waals surface area contributed by atoms with Crippen LogP contribution in [0.2, 0.25) is 0 Å². The molecule has 0 bridgehead atoms. The zero-order valence-corrected chi connectivity index (χ0v) is 7.59. The highest BCUT2D eigenvalue weighted by Crippen LogP contribution is 2.14. The SMILES string of the molecule is C1=Nn2ccnc2Cc2ccccc21. The molecule has 0 atom stereocenters. The number of benzene rings is 1. The maximum absolute atomic E-state index is 4.32. The van der Waals surface area contributed by atoms with Gasteiger partial charge < -0.3 is 0 Å². The summed E-state index contributed by atoms with van der Waals surface area (Å²) in [4.78, 5) is 4.26. The molecule has 1 aromatic heterocycles. The van der Waals surface area contributed by atoms with E-state index >= 15 is 0 Å². The largest absolute Gasteiger partial charge is 0.239 e. The molecular weight excluding hydrogens is 174 g/mol. The van der Waals surface area contributed by atoms with Gasteiger partial charge in [0.05, 0.1) is 6.21 Å². The molecule has 68 valence electrons. The second-order valence-corrected chi connectivity index (χ2v) is 3.31. The van der Waals surface area contributed by atoms with E-state index in [4.69, 9.17) is 0 Å². The van der Waals surface area contributed by atoms with Crippen molar-refractivity contribution >= 4 is 6.21 Å². The normalized spacial score (nSPS) is 13.1. The zero-order chi connectivity index (χ0) is 9.38. The van der Waals surface area contributed by atoms with Gasteiger partial charge in [-0.3, -0.25) is 0 Å². The summed E-state index contributed by atoms with van der Waals surface area (Å²) < 4.78 is 1.82. The third kappa shape index (κ3) is 1.06. The van der Waals surface area contributed by atoms with Gasteiger partial charge in [0.25, 0.3) is 0 Å². The van der Waals surface area contributed by atoms with Crippen molar-refractivity contribution < 1.29 is 0 Å². The van der Waals surface area contributed by atoms with Gasteiger partial charge in [-0.1, -0.05) is 24.3 Å². The molecule has 0 saturated heterocycles. The molecule has 0 amide bonds. The van der Waals surface area contributed by atoms with Crippen LogP contribution in [0.15, 0.2) is 41.8 Å². The fraction of sp³-hybridized carbons (Fsp3) is 0.0909. The third-order valence-electron chi connectivity index (χ3n) is 2.42. The molecule has 1 aliphatic rings. The lowest BCUT2D eigenvalue weighted by Crippen LogP contribution is -1.96. The zero-order valence-electron chi connectivity index (χ0n) is 7.59. The van der Waals surface area contributed by atoms with Gasteiger partial charge in [-0.15, -0.1) is 0 Å². The van der Waals surface area contributed by atoms with Gasteiger partial charge in [-0.05, 0) is 11.1 Å². The second-order valence-electron chi connectivity index (χ2n) is 3.31. The Hall–Kier alpha value is -1.90. The molecule has 14 heavy (non-hydrogen) atoms. The molecule has 3 heteroatoms. The minimum Gasteiger partial charge on any atom is -0.239 e. The van der Waals surface area contributed by atoms with E-state index in [1.54, 1.807) is 6.20 Å². The molecule has 3 rings (SSSR count). The first-order valence-electron chi connectivity index (χ1n) is 4.58. The lowest BCUT2D eigenvalue weighted by molar-refractivity contribution is 0.808. The van der Waals surface area contributed by atoms with Gasteiger partial charge in [-0.25, -0.2) is 9.66 Å². The van der Waals surface area contributed by atoms with Crippen LogP contribution < -0.4 is 0 Å². The van der Waals surface area contributed by atoms with Crippen molar-refractivity contribution in [2.75, 3.05) is 0 Å². The van der Waals surface area contributed by atoms with E-state index in [9.17, 15) is 0 Å². The summed E-state index contributed by atoms with van der Waals surface area (Å²) >= 11 is 0. The number of fused-ring (bicyclic) bond motifs is 2. The average Bonchev–Trinajstić information content (AvgIpc) is 2.58. The number of rotatable bonds is 0. The van der Waals surface area contributed by atoms with Crippen molar-refractivity contribution in [3.63, 3.8) is 0 Å². The molecule has 1 aliphatic heterocycles. The Bertz CT molecular complexity index is 497. The average molecular weight is 183 g/mol. The van der Waals surface area contributed by atoms with Crippen molar-refractivity contribution in [3.05, 3.63) is 53.6 Å². The third-order valence-corrected chi connectivity index (χ3v) is 2.42. The summed E-state index contributed by atoms with van der Waals surface area (Å²) in [7, 11) is 0. The smallest absolute Gasteiger partial charge is 0.134 e. The predicted octanol–water partition coefficient (Wildman–Crippen LogP) is 1.67. The minimum absolute atomic E-state index is 0.850. The van der Waals surface area contributed by atoms with E-state index in [-0.39, 0.29) is 0 Å². The van der Waals surface area contributed by atoms with Crippen molar-refractivity contribution in [2.24, 2.45) is 5.10 Å². The predicted molar refractivity (Wildman–Crippen MR) is 54.5 cm³/mol. The van der Waals surface area contributed by atoms with Crippen LogP contribution in [0.25, 0.3) is 0 Å². The summed E-state index contributed by atoms with van der Waals surface area (Å²) in [6.07, 6.45) is 6.38. The minimum atomic E-state index is 0.850. The lowest BCUT2D eigenvalue weighted by atomic mass is 10.1. The Labute approximate surface area is 81.7 Å². The van der Waals surface area contributed by atoms with Crippen LogP contribution in [-0.4, -0.2) is 15.9 Å². The summed E-state index contributed by atoms with van der Waals surface area (Å²) in [6, 6.07) is 8.27. The highest BCUT2D eigenvalue weighted by atomic mass is 15.4. The van der Waals surface area contributed by atoms with Gasteiger partial charge in [0.15, 0.2) is 0 Å². The first-order valence-corrected chi connectivity index (χ1v) is 4.58. The standard InChI is InChI=1S/C11H9N3/c1-2-4-10-8-13-14-6-5-12-11(14)7-9(10)3-1/h1-6,8H,7H2. The van der Waals surface area contributed by atoms with Gasteiger partial charge >= 0.3 is 0 Å². The summed E-state index contributed by atoms with van der Waals surface area (Å²) in [6.45, 7) is 0. The van der Waals surface area contributed by atoms with E-state index in [1.807, 2.05) is 29.2 Å². The topological polar surface area (TPSA) is 30.2 Å². The molecule has 3 nitrogen and oxygen atoms in total. The number of aromatic nitrogens is 2. The Balaban J connectivity index is 2.19. The summed E-state index contributed by atoms with van der Waals surface area (Å²) in [5.74, 6) is 0.992. The second kappa shape index (κ2) is 2.80. The summed E-state index contributed by atoms with van der Waals surface area (Å²) in [5, 5.41) is 4.32. The van der Waals surface area contributed by atoms with Crippen molar-refractivity contribution in [1.29, 1.82) is 0 Å². The summed E-state index contributed by atoms with van der Waals surface area (Å²) in [5.41, 5.74) is 2.46. The van der Waals surface area contributed by atoms with Crippen LogP contribution in [0.1, 0.15) is 17.0 Å². The fourth-order valence-corrected chi connectivity index (χ4v) is 1.68. The van der Waals surface area contributed by atoms with Crippen LogP contribution in [-0.2, 0) is 6.42 Å². The van der Waals surface area contributed by atoms with Crippen LogP contribution in [0.5, 0.6) is 0 Å². The van der Waals surface area contributed by atoms with Crippen molar-refractivity contribution in [3.8, 4) is 0 Å². The fourth-order valence-electron chi connectivity index (χ4n) is 1.68. The maximum Gasteiger partial charge on any atom is 0.134 e. The van der Waals surface area contributed by atoms with Crippen LogP contribution in [0.3, 0.4) is 0 Å². The molecule has 2 aromatic rings. The lowest BCUT2D eigenvalue weighted by Gasteiger charge is -2.00. The van der Waals surface area contributed by atoms with Gasteiger partial charge in [0.1, 0.15) is 5.82 Å². The highest BCUT2D eigenvalue weighted by Gasteiger charge is 2.09. The highest BCUT2D eigenvalue weighted by molar-refractivity contribution is 5.82. The number of imidazole rings is 1. The van der Waals surface area contributed by atoms with Crippen LogP contribution in [0, 0.1) is 0 Å². The van der Waals surface area contributed by atoms with Crippen LogP contribution >= 0.6 is 0 Å². The van der Waals surface area contributed by atoms with E-state index in [0.717, 1.165) is 12.2 Å². The van der Waals surface area contributed by atoms with E-state index in [2.05, 4.69) is 22.2 Å². The number of hydrogen-bond acceptors (Lipinski definition) is 2. The molecule has 0 radical (unpaired) electrons. The molecule has 0 N–H and O–H groups in total. The molecule has 0 unspecified atom stereocenters. The van der Waals surface area contributed by atoms with Crippen molar-refractivity contribution in [2.45, 2.75) is 6.42 Å². The first-order chi connectivity index (χ1) is 6.93.